The molecular weight excluding hydrogens is 282 g/mol. The molecule has 0 aliphatic rings. The van der Waals surface area contributed by atoms with Gasteiger partial charge in [0.15, 0.2) is 0 Å². The van der Waals surface area contributed by atoms with Crippen LogP contribution in [0.3, 0.4) is 0 Å². The van der Waals surface area contributed by atoms with Gasteiger partial charge in [-0.05, 0) is 38.3 Å². The van der Waals surface area contributed by atoms with Gasteiger partial charge < -0.3 is 5.32 Å². The highest BCUT2D eigenvalue weighted by Gasteiger charge is 1.98. The molecule has 0 amide bonds. The third-order valence-electron chi connectivity index (χ3n) is 4.59. The molecule has 0 aromatic carbocycles. The van der Waals surface area contributed by atoms with Crippen LogP contribution in [-0.2, 0) is 4.79 Å². The van der Waals surface area contributed by atoms with Crippen molar-refractivity contribution in [2.24, 2.45) is 5.92 Å². The minimum atomic E-state index is 0.425. The SMILES string of the molecule is CCC(=O)CCCCCCCCNCCCCCCCC(C)C. The van der Waals surface area contributed by atoms with E-state index in [9.17, 15) is 4.79 Å². The molecule has 1 N–H and O–H groups in total. The molecular formula is C21H43NO. The molecule has 0 rings (SSSR count). The van der Waals surface area contributed by atoms with Crippen LogP contribution < -0.4 is 5.32 Å². The van der Waals surface area contributed by atoms with Crippen LogP contribution in [-0.4, -0.2) is 18.9 Å². The van der Waals surface area contributed by atoms with Crippen LogP contribution in [0.5, 0.6) is 0 Å². The summed E-state index contributed by atoms with van der Waals surface area (Å²) in [5.41, 5.74) is 0. The summed E-state index contributed by atoms with van der Waals surface area (Å²) in [6.07, 6.45) is 17.5. The van der Waals surface area contributed by atoms with Crippen LogP contribution in [0, 0.1) is 5.92 Å². The minimum absolute atomic E-state index is 0.425. The number of Topliss-reactive ketones (excluding diaryl/α,β-unsaturated/α-hetero) is 1. The van der Waals surface area contributed by atoms with Crippen LogP contribution in [0.1, 0.15) is 111 Å². The van der Waals surface area contributed by atoms with Gasteiger partial charge in [-0.3, -0.25) is 4.79 Å². The van der Waals surface area contributed by atoms with Gasteiger partial charge in [-0.1, -0.05) is 78.6 Å². The predicted octanol–water partition coefficient (Wildman–Crippen LogP) is 6.28. The van der Waals surface area contributed by atoms with Gasteiger partial charge in [-0.25, -0.2) is 0 Å². The topological polar surface area (TPSA) is 29.1 Å². The van der Waals surface area contributed by atoms with Gasteiger partial charge in [-0.15, -0.1) is 0 Å². The third-order valence-corrected chi connectivity index (χ3v) is 4.59. The van der Waals surface area contributed by atoms with Crippen molar-refractivity contribution < 1.29 is 4.79 Å². The van der Waals surface area contributed by atoms with E-state index in [1.807, 2.05) is 6.92 Å². The zero-order valence-electron chi connectivity index (χ0n) is 16.3. The van der Waals surface area contributed by atoms with Gasteiger partial charge in [0.25, 0.3) is 0 Å². The van der Waals surface area contributed by atoms with Crippen LogP contribution in [0.25, 0.3) is 0 Å². The Morgan fingerprint density at radius 1 is 0.739 bits per heavy atom. The highest BCUT2D eigenvalue weighted by molar-refractivity contribution is 5.77. The average Bonchev–Trinajstić information content (AvgIpc) is 2.53. The molecule has 0 heterocycles. The molecule has 0 unspecified atom stereocenters. The van der Waals surface area contributed by atoms with Crippen molar-refractivity contribution in [3.05, 3.63) is 0 Å². The molecule has 0 atom stereocenters. The van der Waals surface area contributed by atoms with E-state index in [0.717, 1.165) is 18.8 Å². The first-order chi connectivity index (χ1) is 11.2. The number of ketones is 1. The molecule has 2 nitrogen and oxygen atoms in total. The lowest BCUT2D eigenvalue weighted by Gasteiger charge is -2.06. The number of rotatable bonds is 18. The third kappa shape index (κ3) is 19.6. The van der Waals surface area contributed by atoms with E-state index in [1.54, 1.807) is 0 Å². The normalized spacial score (nSPS) is 11.3. The lowest BCUT2D eigenvalue weighted by molar-refractivity contribution is -0.118. The lowest BCUT2D eigenvalue weighted by Crippen LogP contribution is -2.16. The number of hydrogen-bond acceptors (Lipinski definition) is 2. The Labute approximate surface area is 146 Å². The van der Waals surface area contributed by atoms with Crippen molar-refractivity contribution in [2.75, 3.05) is 13.1 Å². The molecule has 0 aliphatic carbocycles. The zero-order chi connectivity index (χ0) is 17.2. The first kappa shape index (κ1) is 22.6. The fourth-order valence-electron chi connectivity index (χ4n) is 2.91. The monoisotopic (exact) mass is 325 g/mol. The highest BCUT2D eigenvalue weighted by Crippen LogP contribution is 2.10. The largest absolute Gasteiger partial charge is 0.317 e. The molecule has 0 aliphatic heterocycles. The van der Waals surface area contributed by atoms with E-state index < -0.39 is 0 Å². The maximum Gasteiger partial charge on any atom is 0.132 e. The maximum atomic E-state index is 11.2. The van der Waals surface area contributed by atoms with Crippen molar-refractivity contribution in [3.8, 4) is 0 Å². The summed E-state index contributed by atoms with van der Waals surface area (Å²) in [5, 5.41) is 3.57. The van der Waals surface area contributed by atoms with Gasteiger partial charge in [0.05, 0.1) is 0 Å². The Morgan fingerprint density at radius 3 is 1.74 bits per heavy atom. The van der Waals surface area contributed by atoms with Gasteiger partial charge in [-0.2, -0.15) is 0 Å². The molecule has 0 saturated heterocycles. The Balaban J connectivity index is 3.01. The van der Waals surface area contributed by atoms with Gasteiger partial charge in [0, 0.05) is 12.8 Å². The van der Waals surface area contributed by atoms with Gasteiger partial charge in [0.2, 0.25) is 0 Å². The molecule has 0 aromatic rings. The smallest absolute Gasteiger partial charge is 0.132 e. The van der Waals surface area contributed by atoms with Crippen molar-refractivity contribution in [1.29, 1.82) is 0 Å². The second-order valence-electron chi connectivity index (χ2n) is 7.46. The molecule has 138 valence electrons. The predicted molar refractivity (Wildman–Crippen MR) is 103 cm³/mol. The first-order valence-electron chi connectivity index (χ1n) is 10.4. The van der Waals surface area contributed by atoms with Crippen molar-refractivity contribution >= 4 is 5.78 Å². The maximum absolute atomic E-state index is 11.2. The summed E-state index contributed by atoms with van der Waals surface area (Å²) in [7, 11) is 0. The van der Waals surface area contributed by atoms with Crippen LogP contribution in [0.2, 0.25) is 0 Å². The van der Waals surface area contributed by atoms with Gasteiger partial charge >= 0.3 is 0 Å². The molecule has 0 saturated carbocycles. The Bertz CT molecular complexity index is 250. The first-order valence-corrected chi connectivity index (χ1v) is 10.4. The standard InChI is InChI=1S/C21H43NO/c1-4-21(23)17-13-9-5-6-10-14-18-22-19-15-11-7-8-12-16-20(2)3/h20,22H,4-19H2,1-3H3. The number of unbranched alkanes of at least 4 members (excludes halogenated alkanes) is 9. The quantitative estimate of drug-likeness (QED) is 0.300. The van der Waals surface area contributed by atoms with Gasteiger partial charge in [0.1, 0.15) is 5.78 Å². The lowest BCUT2D eigenvalue weighted by atomic mass is 10.0. The summed E-state index contributed by atoms with van der Waals surface area (Å²) in [5.74, 6) is 1.30. The number of hydrogen-bond donors (Lipinski definition) is 1. The summed E-state index contributed by atoms with van der Waals surface area (Å²) in [6.45, 7) is 8.97. The van der Waals surface area contributed by atoms with Crippen LogP contribution in [0.15, 0.2) is 0 Å². The van der Waals surface area contributed by atoms with Crippen LogP contribution in [0.4, 0.5) is 0 Å². The molecule has 2 heteroatoms. The molecule has 0 radical (unpaired) electrons. The molecule has 0 spiro atoms. The second-order valence-corrected chi connectivity index (χ2v) is 7.46. The summed E-state index contributed by atoms with van der Waals surface area (Å²) in [4.78, 5) is 11.2. The second kappa shape index (κ2) is 18.0. The van der Waals surface area contributed by atoms with E-state index in [2.05, 4.69) is 19.2 Å². The molecule has 0 aromatic heterocycles. The van der Waals surface area contributed by atoms with E-state index in [-0.39, 0.29) is 0 Å². The molecule has 0 bridgehead atoms. The fraction of sp³-hybridized carbons (Fsp3) is 0.952. The highest BCUT2D eigenvalue weighted by atomic mass is 16.1. The fourth-order valence-corrected chi connectivity index (χ4v) is 2.91. The number of carbonyl (C=O) groups is 1. The van der Waals surface area contributed by atoms with Crippen LogP contribution >= 0.6 is 0 Å². The van der Waals surface area contributed by atoms with E-state index in [1.165, 1.54) is 83.7 Å². The van der Waals surface area contributed by atoms with Crippen molar-refractivity contribution in [3.63, 3.8) is 0 Å². The molecule has 23 heavy (non-hydrogen) atoms. The Kier molecular flexibility index (Phi) is 17.7. The Hall–Kier alpha value is -0.370. The zero-order valence-corrected chi connectivity index (χ0v) is 16.3. The summed E-state index contributed by atoms with van der Waals surface area (Å²) >= 11 is 0. The average molecular weight is 326 g/mol. The number of nitrogens with one attached hydrogen (secondary N) is 1. The van der Waals surface area contributed by atoms with E-state index in [4.69, 9.17) is 0 Å². The minimum Gasteiger partial charge on any atom is -0.317 e. The summed E-state index contributed by atoms with van der Waals surface area (Å²) < 4.78 is 0. The Morgan fingerprint density at radius 2 is 1.22 bits per heavy atom. The number of carbonyl (C=O) groups excluding carboxylic acids is 1. The van der Waals surface area contributed by atoms with Crippen molar-refractivity contribution in [1.82, 2.24) is 5.32 Å². The molecule has 0 fully saturated rings. The van der Waals surface area contributed by atoms with Crippen molar-refractivity contribution in [2.45, 2.75) is 111 Å². The summed E-state index contributed by atoms with van der Waals surface area (Å²) in [6, 6.07) is 0. The van der Waals surface area contributed by atoms with E-state index in [0.29, 0.717) is 12.2 Å². The van der Waals surface area contributed by atoms with E-state index >= 15 is 0 Å².